The molecule has 9 rings (SSSR count). The van der Waals surface area contributed by atoms with Crippen molar-refractivity contribution in [2.24, 2.45) is 0 Å². The first-order valence-corrected chi connectivity index (χ1v) is 21.4. The Kier molecular flexibility index (Phi) is 11.9. The Morgan fingerprint density at radius 2 is 0.908 bits per heavy atom. The lowest BCUT2D eigenvalue weighted by molar-refractivity contribution is -0.341. The first kappa shape index (κ1) is 51.2. The van der Waals surface area contributed by atoms with Crippen molar-refractivity contribution in [2.75, 3.05) is 13.2 Å². The number of fused-ring (bicyclic) bond motifs is 7. The molecule has 5 aromatic rings. The first-order chi connectivity index (χ1) is 35.6. The van der Waals surface area contributed by atoms with Crippen LogP contribution in [0.3, 0.4) is 0 Å². The molecule has 400 valence electrons. The largest absolute Gasteiger partial charge is 0.504 e. The van der Waals surface area contributed by atoms with Gasteiger partial charge in [0.1, 0.15) is 24.9 Å². The van der Waals surface area contributed by atoms with Crippen LogP contribution in [0.5, 0.6) is 86.2 Å². The Hall–Kier alpha value is -9.75. The Bertz CT molecular complexity index is 3380. The van der Waals surface area contributed by atoms with E-state index in [2.05, 4.69) is 0 Å². The number of cyclic esters (lactones) is 3. The molecule has 5 aromatic carbocycles. The highest BCUT2D eigenvalue weighted by Gasteiger charge is 2.64. The number of phenolic OH excluding ortho intramolecular Hbond substituents is 15. The average Bonchev–Trinajstić information content (AvgIpc) is 3.39. The minimum Gasteiger partial charge on any atom is -0.504 e. The predicted molar refractivity (Wildman–Crippen MR) is 234 cm³/mol. The molecule has 76 heavy (non-hydrogen) atoms. The Balaban J connectivity index is 1.39. The maximum Gasteiger partial charge on any atom is 0.339 e. The number of aliphatic hydroxyl groups is 4. The van der Waals surface area contributed by atoms with Crippen LogP contribution in [0.2, 0.25) is 0 Å². The summed E-state index contributed by atoms with van der Waals surface area (Å²) in [7, 11) is 0. The summed E-state index contributed by atoms with van der Waals surface area (Å²) >= 11 is 0. The van der Waals surface area contributed by atoms with Crippen molar-refractivity contribution in [1.29, 1.82) is 0 Å². The van der Waals surface area contributed by atoms with Crippen LogP contribution in [0.25, 0.3) is 22.3 Å². The fourth-order valence-corrected chi connectivity index (χ4v) is 9.32. The number of ether oxygens (including phenoxy) is 6. The minimum absolute atomic E-state index is 0.271. The van der Waals surface area contributed by atoms with Crippen molar-refractivity contribution in [3.05, 3.63) is 63.7 Å². The molecule has 4 aliphatic rings. The fraction of sp³-hybridized carbons (Fsp3) is 0.239. The number of esters is 5. The highest BCUT2D eigenvalue weighted by atomic mass is 16.7. The number of benzene rings is 5. The van der Waals surface area contributed by atoms with E-state index >= 15 is 4.79 Å². The Morgan fingerprint density at radius 3 is 1.42 bits per heavy atom. The van der Waals surface area contributed by atoms with Gasteiger partial charge in [0.15, 0.2) is 87.7 Å². The van der Waals surface area contributed by atoms with Crippen LogP contribution in [0.4, 0.5) is 0 Å². The zero-order valence-corrected chi connectivity index (χ0v) is 37.4. The Morgan fingerprint density at radius 1 is 0.474 bits per heavy atom. The van der Waals surface area contributed by atoms with E-state index in [0.717, 1.165) is 0 Å². The van der Waals surface area contributed by atoms with E-state index in [1.54, 1.807) is 0 Å². The monoisotopic (exact) mass is 1070 g/mol. The van der Waals surface area contributed by atoms with Gasteiger partial charge in [-0.3, -0.25) is 0 Å². The molecular formula is C46H36O30. The Labute approximate surface area is 418 Å². The summed E-state index contributed by atoms with van der Waals surface area (Å²) in [6.45, 7) is -2.84. The highest BCUT2D eigenvalue weighted by molar-refractivity contribution is 6.11. The van der Waals surface area contributed by atoms with E-state index < -0.39 is 239 Å². The molecule has 0 radical (unpaired) electrons. The van der Waals surface area contributed by atoms with Gasteiger partial charge in [0.2, 0.25) is 28.8 Å². The van der Waals surface area contributed by atoms with Gasteiger partial charge in [0.05, 0.1) is 40.3 Å². The van der Waals surface area contributed by atoms with Gasteiger partial charge in [-0.15, -0.1) is 0 Å². The van der Waals surface area contributed by atoms with E-state index in [4.69, 9.17) is 28.4 Å². The zero-order chi connectivity index (χ0) is 55.6. The van der Waals surface area contributed by atoms with Crippen LogP contribution in [-0.2, 0) is 28.4 Å². The number of carbonyl (C=O) groups excluding carboxylic acids is 5. The van der Waals surface area contributed by atoms with Crippen molar-refractivity contribution in [1.82, 2.24) is 0 Å². The van der Waals surface area contributed by atoms with Crippen LogP contribution in [-0.4, -0.2) is 189 Å². The molecule has 0 aliphatic carbocycles. The molecule has 4 aliphatic heterocycles. The number of phenols is 15. The molecular weight excluding hydrogens is 1030 g/mol. The minimum atomic E-state index is -3.72. The molecule has 1 saturated heterocycles. The summed E-state index contributed by atoms with van der Waals surface area (Å²) in [5.74, 6) is -38.1. The second-order valence-corrected chi connectivity index (χ2v) is 17.3. The number of hydrogen-bond donors (Lipinski definition) is 19. The zero-order valence-electron chi connectivity index (χ0n) is 37.4. The van der Waals surface area contributed by atoms with Crippen molar-refractivity contribution in [2.45, 2.75) is 54.4 Å². The van der Waals surface area contributed by atoms with E-state index in [-0.39, 0.29) is 6.07 Å². The van der Waals surface area contributed by atoms with Crippen LogP contribution >= 0.6 is 0 Å². The summed E-state index contributed by atoms with van der Waals surface area (Å²) in [6, 6.07) is 1.87. The number of rotatable bonds is 4. The van der Waals surface area contributed by atoms with Crippen LogP contribution in [0.15, 0.2) is 30.3 Å². The molecule has 2 bridgehead atoms. The maximum absolute atomic E-state index is 15.0. The molecule has 0 spiro atoms. The number of aromatic hydroxyl groups is 15. The number of carbonyl (C=O) groups is 5. The smallest absolute Gasteiger partial charge is 0.339 e. The highest BCUT2D eigenvalue weighted by Crippen LogP contribution is 2.61. The molecule has 1 fully saturated rings. The lowest BCUT2D eigenvalue weighted by Crippen LogP contribution is -2.68. The maximum atomic E-state index is 15.0. The summed E-state index contributed by atoms with van der Waals surface area (Å²) in [6.07, 6.45) is -19.3. The standard InChI is InChI=1S/C46H36O30/c47-12-1-8(2-13(48)26(12)53)41(65)73-18-7-71-42(66)9-3-14(49)27(54)31(58)19(9)20-10(4-15(50)28(55)32(20)59)43(67)74-37(18)39-38-25(46(70)40(64)30(57)17(52)6-72-46)24-23(45(69)75-38)22(34(61)36(63)35(24)62)21-11(44(68)76-39)5-16(51)29(56)33(21)60/h1-5,17-18,25,30,37-40,47-64,70H,6-7H2. The SMILES string of the molecule is O=C(OC1COC(=O)c2cc(O)c(O)c(O)c2-c2c(cc(O)c(O)c2O)C(=O)OC1C1OC(=O)c2cc(O)c(O)c(O)c2-c2c(O)c(O)c(O)c3c2C(=O)OC1C3C1(O)OCC(O)C(O)C1O)c1cc(O)c(O)c(O)c1. The van der Waals surface area contributed by atoms with Gasteiger partial charge >= 0.3 is 29.8 Å². The van der Waals surface area contributed by atoms with Gasteiger partial charge in [-0.2, -0.15) is 0 Å². The van der Waals surface area contributed by atoms with Crippen molar-refractivity contribution < 1.29 is 149 Å². The van der Waals surface area contributed by atoms with Gasteiger partial charge in [-0.1, -0.05) is 0 Å². The van der Waals surface area contributed by atoms with Gasteiger partial charge in [-0.25, -0.2) is 24.0 Å². The van der Waals surface area contributed by atoms with E-state index in [1.807, 2.05) is 0 Å². The second-order valence-electron chi connectivity index (χ2n) is 17.3. The van der Waals surface area contributed by atoms with Crippen molar-refractivity contribution >= 4 is 29.8 Å². The normalized spacial score (nSPS) is 25.1. The summed E-state index contributed by atoms with van der Waals surface area (Å²) in [5.41, 5.74) is -12.2. The van der Waals surface area contributed by atoms with Gasteiger partial charge in [-0.05, 0) is 30.3 Å². The summed E-state index contributed by atoms with van der Waals surface area (Å²) < 4.78 is 33.8. The second kappa shape index (κ2) is 17.7. The quantitative estimate of drug-likeness (QED) is 0.0594. The van der Waals surface area contributed by atoms with Gasteiger partial charge < -0.3 is 125 Å². The van der Waals surface area contributed by atoms with E-state index in [0.29, 0.717) is 24.3 Å². The van der Waals surface area contributed by atoms with Crippen molar-refractivity contribution in [3.8, 4) is 108 Å². The van der Waals surface area contributed by atoms with Gasteiger partial charge in [0, 0.05) is 27.8 Å². The molecule has 9 atom stereocenters. The summed E-state index contributed by atoms with van der Waals surface area (Å²) in [5, 5.41) is 209. The van der Waals surface area contributed by atoms with Crippen LogP contribution in [0, 0.1) is 0 Å². The van der Waals surface area contributed by atoms with Crippen molar-refractivity contribution in [3.63, 3.8) is 0 Å². The topological polar surface area (TPSA) is 525 Å². The molecule has 30 heteroatoms. The lowest BCUT2D eigenvalue weighted by atomic mass is 9.71. The van der Waals surface area contributed by atoms with Gasteiger partial charge in [0.25, 0.3) is 0 Å². The average molecular weight is 1070 g/mol. The molecule has 4 heterocycles. The van der Waals surface area contributed by atoms with Crippen LogP contribution < -0.4 is 0 Å². The molecule has 0 amide bonds. The van der Waals surface area contributed by atoms with Crippen LogP contribution in [0.1, 0.15) is 63.3 Å². The molecule has 9 unspecified atom stereocenters. The van der Waals surface area contributed by atoms with E-state index in [1.165, 1.54) is 0 Å². The third-order valence-electron chi connectivity index (χ3n) is 13.0. The number of hydrogen-bond acceptors (Lipinski definition) is 30. The molecule has 0 saturated carbocycles. The lowest BCUT2D eigenvalue weighted by Gasteiger charge is -2.51. The number of aliphatic hydroxyl groups excluding tert-OH is 3. The summed E-state index contributed by atoms with van der Waals surface area (Å²) in [4.78, 5) is 73.0. The molecule has 30 nitrogen and oxygen atoms in total. The van der Waals surface area contributed by atoms with E-state index in [9.17, 15) is 116 Å². The fourth-order valence-electron chi connectivity index (χ4n) is 9.32. The third-order valence-corrected chi connectivity index (χ3v) is 13.0. The molecule has 0 aromatic heterocycles. The third kappa shape index (κ3) is 7.49. The molecule has 19 N–H and O–H groups in total. The first-order valence-electron chi connectivity index (χ1n) is 21.4. The predicted octanol–water partition coefficient (Wildman–Crippen LogP) is -0.811.